The SMILES string of the molecule is c1ccc(-c2cc(Cc3cccc4c3C3(c5ccccc5-4)c4ccccc4-n4c5ccccc5c5cccc3c54)nc(-c3ccccc3)c2)cc1. The van der Waals surface area contributed by atoms with Crippen LogP contribution in [0.15, 0.2) is 182 Å². The monoisotopic (exact) mass is 648 g/mol. The summed E-state index contributed by atoms with van der Waals surface area (Å²) in [4.78, 5) is 5.38. The summed E-state index contributed by atoms with van der Waals surface area (Å²) in [5.41, 5.74) is 18.1. The molecule has 0 saturated carbocycles. The molecule has 1 spiro atoms. The summed E-state index contributed by atoms with van der Waals surface area (Å²) in [7, 11) is 0. The van der Waals surface area contributed by atoms with E-state index in [0.717, 1.165) is 17.0 Å². The number of para-hydroxylation sites is 3. The topological polar surface area (TPSA) is 17.8 Å². The Morgan fingerprint density at radius 1 is 0.471 bits per heavy atom. The van der Waals surface area contributed by atoms with Crippen LogP contribution in [0.5, 0.6) is 0 Å². The normalized spacial score (nSPS) is 15.2. The molecule has 9 aromatic rings. The molecular weight excluding hydrogens is 617 g/mol. The highest BCUT2D eigenvalue weighted by molar-refractivity contribution is 6.12. The molecule has 0 bridgehead atoms. The Balaban J connectivity index is 1.22. The van der Waals surface area contributed by atoms with Gasteiger partial charge in [-0.25, -0.2) is 0 Å². The average Bonchev–Trinajstić information content (AvgIpc) is 3.70. The number of hydrogen-bond donors (Lipinski definition) is 0. The molecule has 1 atom stereocenters. The van der Waals surface area contributed by atoms with Crippen molar-refractivity contribution in [2.24, 2.45) is 0 Å². The second kappa shape index (κ2) is 10.7. The number of hydrogen-bond acceptors (Lipinski definition) is 1. The zero-order chi connectivity index (χ0) is 33.5. The van der Waals surface area contributed by atoms with Gasteiger partial charge in [0.25, 0.3) is 0 Å². The molecular formula is C49H32N2. The third-order valence-electron chi connectivity index (χ3n) is 11.2. The maximum atomic E-state index is 5.38. The smallest absolute Gasteiger partial charge is 0.0757 e. The zero-order valence-electron chi connectivity index (χ0n) is 27.9. The third kappa shape index (κ3) is 3.90. The van der Waals surface area contributed by atoms with E-state index in [2.05, 4.69) is 187 Å². The van der Waals surface area contributed by atoms with Gasteiger partial charge in [0, 0.05) is 28.5 Å². The van der Waals surface area contributed by atoms with Gasteiger partial charge in [0.1, 0.15) is 0 Å². The van der Waals surface area contributed by atoms with Crippen LogP contribution in [-0.2, 0) is 11.8 Å². The molecule has 1 aliphatic heterocycles. The van der Waals surface area contributed by atoms with E-state index < -0.39 is 5.41 Å². The molecule has 2 heteroatoms. The molecule has 0 amide bonds. The number of benzene rings is 7. The van der Waals surface area contributed by atoms with Gasteiger partial charge in [0.2, 0.25) is 0 Å². The lowest BCUT2D eigenvalue weighted by Crippen LogP contribution is -2.34. The summed E-state index contributed by atoms with van der Waals surface area (Å²) in [5.74, 6) is 0. The number of aromatic nitrogens is 2. The average molecular weight is 649 g/mol. The minimum absolute atomic E-state index is 0.498. The Bertz CT molecular complexity index is 2770. The minimum Gasteiger partial charge on any atom is -0.309 e. The lowest BCUT2D eigenvalue weighted by atomic mass is 9.64. The first-order chi connectivity index (χ1) is 25.3. The van der Waals surface area contributed by atoms with E-state index in [1.807, 2.05) is 0 Å². The van der Waals surface area contributed by atoms with Gasteiger partial charge in [-0.15, -0.1) is 0 Å². The van der Waals surface area contributed by atoms with E-state index >= 15 is 0 Å². The summed E-state index contributed by atoms with van der Waals surface area (Å²) >= 11 is 0. The first kappa shape index (κ1) is 28.3. The first-order valence-corrected chi connectivity index (χ1v) is 17.8. The molecule has 51 heavy (non-hydrogen) atoms. The Hall–Kier alpha value is -6.51. The lowest BCUT2D eigenvalue weighted by molar-refractivity contribution is 0.738. The van der Waals surface area contributed by atoms with E-state index in [0.29, 0.717) is 6.42 Å². The number of pyridine rings is 1. The Labute approximate surface area is 296 Å². The van der Waals surface area contributed by atoms with Crippen molar-refractivity contribution in [3.63, 3.8) is 0 Å². The van der Waals surface area contributed by atoms with Gasteiger partial charge in [0.15, 0.2) is 0 Å². The van der Waals surface area contributed by atoms with Crippen LogP contribution in [0.3, 0.4) is 0 Å². The summed E-state index contributed by atoms with van der Waals surface area (Å²) in [5, 5.41) is 2.58. The molecule has 2 aromatic heterocycles. The van der Waals surface area contributed by atoms with Crippen LogP contribution in [0.25, 0.3) is 61.0 Å². The second-order valence-corrected chi connectivity index (χ2v) is 13.8. The number of rotatable bonds is 4. The van der Waals surface area contributed by atoms with Gasteiger partial charge < -0.3 is 4.57 Å². The van der Waals surface area contributed by atoms with Gasteiger partial charge >= 0.3 is 0 Å². The molecule has 0 fully saturated rings. The summed E-state index contributed by atoms with van der Waals surface area (Å²) in [6.07, 6.45) is 0.709. The highest BCUT2D eigenvalue weighted by Crippen LogP contribution is 2.61. The van der Waals surface area contributed by atoms with Crippen LogP contribution in [0, 0.1) is 0 Å². The summed E-state index contributed by atoms with van der Waals surface area (Å²) in [6.45, 7) is 0. The maximum Gasteiger partial charge on any atom is 0.0757 e. The predicted molar refractivity (Wildman–Crippen MR) is 210 cm³/mol. The van der Waals surface area contributed by atoms with E-state index in [-0.39, 0.29) is 0 Å². The minimum atomic E-state index is -0.498. The van der Waals surface area contributed by atoms with Crippen LogP contribution in [0.2, 0.25) is 0 Å². The second-order valence-electron chi connectivity index (χ2n) is 13.8. The van der Waals surface area contributed by atoms with Crippen molar-refractivity contribution in [2.75, 3.05) is 0 Å². The molecule has 1 unspecified atom stereocenters. The van der Waals surface area contributed by atoms with Crippen molar-refractivity contribution < 1.29 is 0 Å². The van der Waals surface area contributed by atoms with Gasteiger partial charge in [0.05, 0.1) is 27.8 Å². The van der Waals surface area contributed by atoms with E-state index in [9.17, 15) is 0 Å². The predicted octanol–water partition coefficient (Wildman–Crippen LogP) is 11.8. The number of nitrogens with zero attached hydrogens (tertiary/aromatic N) is 2. The van der Waals surface area contributed by atoms with Crippen molar-refractivity contribution in [2.45, 2.75) is 11.8 Å². The molecule has 0 radical (unpaired) electrons. The van der Waals surface area contributed by atoms with Crippen molar-refractivity contribution in [3.05, 3.63) is 216 Å². The fourth-order valence-electron chi connectivity index (χ4n) is 9.28. The molecule has 1 aliphatic carbocycles. The summed E-state index contributed by atoms with van der Waals surface area (Å²) < 4.78 is 2.51. The Morgan fingerprint density at radius 2 is 1.12 bits per heavy atom. The molecule has 0 N–H and O–H groups in total. The van der Waals surface area contributed by atoms with Crippen molar-refractivity contribution in [1.29, 1.82) is 0 Å². The van der Waals surface area contributed by atoms with Crippen LogP contribution in [-0.4, -0.2) is 9.55 Å². The van der Waals surface area contributed by atoms with Gasteiger partial charge in [-0.3, -0.25) is 4.98 Å². The molecule has 11 rings (SSSR count). The molecule has 7 aromatic carbocycles. The Morgan fingerprint density at radius 3 is 1.98 bits per heavy atom. The fourth-order valence-corrected chi connectivity index (χ4v) is 9.28. The number of fused-ring (bicyclic) bond motifs is 12. The zero-order valence-corrected chi connectivity index (χ0v) is 27.9. The largest absolute Gasteiger partial charge is 0.309 e. The first-order valence-electron chi connectivity index (χ1n) is 17.8. The van der Waals surface area contributed by atoms with E-state index in [4.69, 9.17) is 4.98 Å². The molecule has 2 aliphatic rings. The molecule has 2 nitrogen and oxygen atoms in total. The fraction of sp³-hybridized carbons (Fsp3) is 0.0408. The van der Waals surface area contributed by atoms with Gasteiger partial charge in [-0.1, -0.05) is 158 Å². The van der Waals surface area contributed by atoms with Crippen LogP contribution >= 0.6 is 0 Å². The van der Waals surface area contributed by atoms with E-state index in [1.54, 1.807) is 0 Å². The van der Waals surface area contributed by atoms with E-state index in [1.165, 1.54) is 77.6 Å². The lowest BCUT2D eigenvalue weighted by Gasteiger charge is -2.40. The van der Waals surface area contributed by atoms with Crippen LogP contribution in [0.1, 0.15) is 33.5 Å². The van der Waals surface area contributed by atoms with Crippen molar-refractivity contribution in [3.8, 4) is 39.2 Å². The maximum absolute atomic E-state index is 5.38. The van der Waals surface area contributed by atoms with Crippen LogP contribution in [0.4, 0.5) is 0 Å². The Kier molecular flexibility index (Phi) is 5.97. The molecule has 238 valence electrons. The van der Waals surface area contributed by atoms with Crippen LogP contribution < -0.4 is 0 Å². The molecule has 0 saturated heterocycles. The quantitative estimate of drug-likeness (QED) is 0.186. The van der Waals surface area contributed by atoms with Crippen molar-refractivity contribution >= 4 is 21.8 Å². The highest BCUT2D eigenvalue weighted by atomic mass is 15.0. The molecule has 3 heterocycles. The summed E-state index contributed by atoms with van der Waals surface area (Å²) in [6, 6.07) is 66.8. The van der Waals surface area contributed by atoms with Crippen molar-refractivity contribution in [1.82, 2.24) is 9.55 Å². The van der Waals surface area contributed by atoms with Gasteiger partial charge in [-0.05, 0) is 74.3 Å². The standard InChI is InChI=1S/C49H32N2/c1-3-15-32(16-4-1)35-30-36(50-44(31-35)33-17-5-2-6-18-33)29-34-19-13-22-39-37-20-7-9-24-41(37)49(47(34)39)42-25-10-12-28-46(42)51-45-27-11-8-21-38(45)40-23-14-26-43(49)48(40)51/h1-28,30-31H,29H2. The third-order valence-corrected chi connectivity index (χ3v) is 11.2. The highest BCUT2D eigenvalue weighted by Gasteiger charge is 2.51. The van der Waals surface area contributed by atoms with Gasteiger partial charge in [-0.2, -0.15) is 0 Å².